The van der Waals surface area contributed by atoms with Crippen molar-refractivity contribution in [2.45, 2.75) is 0 Å². The maximum absolute atomic E-state index is 5.44. The molecule has 0 spiro atoms. The second kappa shape index (κ2) is 13.4. The van der Waals surface area contributed by atoms with Crippen LogP contribution in [0.2, 0.25) is 0 Å². The molecule has 8 aromatic carbocycles. The fourth-order valence-corrected chi connectivity index (χ4v) is 7.75. The van der Waals surface area contributed by atoms with Crippen LogP contribution in [-0.2, 0) is 0 Å². The van der Waals surface area contributed by atoms with Crippen molar-refractivity contribution in [1.82, 2.24) is 9.61 Å². The summed E-state index contributed by atoms with van der Waals surface area (Å²) in [5.74, 6) is 0. The largest absolute Gasteiger partial charge is 0.310 e. The molecule has 10 aromatic rings. The summed E-state index contributed by atoms with van der Waals surface area (Å²) in [6.07, 6.45) is 0. The van der Waals surface area contributed by atoms with Gasteiger partial charge in [-0.05, 0) is 81.4 Å². The van der Waals surface area contributed by atoms with Crippen molar-refractivity contribution in [2.75, 3.05) is 4.90 Å². The molecule has 3 heteroatoms. The first-order valence-corrected chi connectivity index (χ1v) is 18.4. The van der Waals surface area contributed by atoms with E-state index < -0.39 is 0 Å². The molecule has 2 aromatic heterocycles. The Morgan fingerprint density at radius 3 is 1.59 bits per heavy atom. The van der Waals surface area contributed by atoms with E-state index in [1.807, 2.05) is 0 Å². The molecular formula is C51H35N3. The summed E-state index contributed by atoms with van der Waals surface area (Å²) in [5, 5.41) is 10.2. The summed E-state index contributed by atoms with van der Waals surface area (Å²) in [5.41, 5.74) is 13.2. The minimum Gasteiger partial charge on any atom is -0.310 e. The average Bonchev–Trinajstić information content (AvgIpc) is 3.66. The lowest BCUT2D eigenvalue weighted by Crippen LogP contribution is -2.10. The van der Waals surface area contributed by atoms with E-state index in [9.17, 15) is 0 Å². The molecule has 0 radical (unpaired) electrons. The smallest absolute Gasteiger partial charge is 0.101 e. The van der Waals surface area contributed by atoms with Gasteiger partial charge in [-0.3, -0.25) is 0 Å². The quantitative estimate of drug-likeness (QED) is 0.166. The Bertz CT molecular complexity index is 2900. The lowest BCUT2D eigenvalue weighted by molar-refractivity contribution is 0.979. The lowest BCUT2D eigenvalue weighted by atomic mass is 9.96. The monoisotopic (exact) mass is 689 g/mol. The van der Waals surface area contributed by atoms with Crippen LogP contribution >= 0.6 is 0 Å². The maximum Gasteiger partial charge on any atom is 0.101 e. The normalized spacial score (nSPS) is 11.3. The summed E-state index contributed by atoms with van der Waals surface area (Å²) in [7, 11) is 0. The predicted molar refractivity (Wildman–Crippen MR) is 227 cm³/mol. The number of nitrogens with zero attached hydrogens (tertiary/aromatic N) is 3. The fourth-order valence-electron chi connectivity index (χ4n) is 7.75. The zero-order valence-corrected chi connectivity index (χ0v) is 29.5. The molecule has 0 aliphatic rings. The van der Waals surface area contributed by atoms with E-state index in [2.05, 4.69) is 222 Å². The number of rotatable bonds is 7. The first-order valence-electron chi connectivity index (χ1n) is 18.4. The van der Waals surface area contributed by atoms with E-state index in [0.29, 0.717) is 0 Å². The van der Waals surface area contributed by atoms with Gasteiger partial charge in [0.2, 0.25) is 0 Å². The van der Waals surface area contributed by atoms with Crippen molar-refractivity contribution in [3.8, 4) is 44.8 Å². The van der Waals surface area contributed by atoms with Crippen molar-refractivity contribution in [2.24, 2.45) is 0 Å². The molecular weight excluding hydrogens is 655 g/mol. The SMILES string of the molecule is c1ccc(-c2nn3c(-c4ccccc4)cc4ccc(N(c5ccccc5)c5ccc(-c6ccc7ccccc7c6)cc5)cc4c3c2-c2ccccc2)cc1. The van der Waals surface area contributed by atoms with Crippen molar-refractivity contribution >= 4 is 44.1 Å². The number of benzene rings is 8. The molecule has 254 valence electrons. The van der Waals surface area contributed by atoms with Crippen LogP contribution in [0.25, 0.3) is 71.8 Å². The van der Waals surface area contributed by atoms with Crippen LogP contribution in [-0.4, -0.2) is 9.61 Å². The Morgan fingerprint density at radius 1 is 0.352 bits per heavy atom. The van der Waals surface area contributed by atoms with Gasteiger partial charge >= 0.3 is 0 Å². The first kappa shape index (κ1) is 31.5. The molecule has 0 amide bonds. The van der Waals surface area contributed by atoms with E-state index in [-0.39, 0.29) is 0 Å². The van der Waals surface area contributed by atoms with Gasteiger partial charge in [-0.2, -0.15) is 5.10 Å². The molecule has 0 unspecified atom stereocenters. The van der Waals surface area contributed by atoms with Crippen molar-refractivity contribution in [3.05, 3.63) is 212 Å². The van der Waals surface area contributed by atoms with Gasteiger partial charge in [-0.1, -0.05) is 164 Å². The number of hydrogen-bond acceptors (Lipinski definition) is 2. The van der Waals surface area contributed by atoms with E-state index in [1.165, 1.54) is 21.9 Å². The Hall–Kier alpha value is -7.23. The van der Waals surface area contributed by atoms with Crippen LogP contribution in [0.1, 0.15) is 0 Å². The van der Waals surface area contributed by atoms with Gasteiger partial charge in [-0.15, -0.1) is 0 Å². The summed E-state index contributed by atoms with van der Waals surface area (Å²) in [4.78, 5) is 2.35. The van der Waals surface area contributed by atoms with Crippen molar-refractivity contribution in [1.29, 1.82) is 0 Å². The van der Waals surface area contributed by atoms with E-state index >= 15 is 0 Å². The Kier molecular flexibility index (Phi) is 7.81. The number of fused-ring (bicyclic) bond motifs is 4. The third kappa shape index (κ3) is 5.60. The number of anilines is 3. The lowest BCUT2D eigenvalue weighted by Gasteiger charge is -2.26. The molecule has 0 atom stereocenters. The van der Waals surface area contributed by atoms with Gasteiger partial charge in [0.15, 0.2) is 0 Å². The Labute approximate surface area is 314 Å². The van der Waals surface area contributed by atoms with Crippen molar-refractivity contribution in [3.63, 3.8) is 0 Å². The second-order valence-electron chi connectivity index (χ2n) is 13.7. The van der Waals surface area contributed by atoms with Crippen LogP contribution < -0.4 is 4.90 Å². The molecule has 3 nitrogen and oxygen atoms in total. The van der Waals surface area contributed by atoms with Crippen LogP contribution in [0.4, 0.5) is 17.1 Å². The molecule has 10 rings (SSSR count). The number of pyridine rings is 1. The highest BCUT2D eigenvalue weighted by atomic mass is 15.2. The van der Waals surface area contributed by atoms with Gasteiger partial charge in [-0.25, -0.2) is 4.52 Å². The van der Waals surface area contributed by atoms with Gasteiger partial charge in [0, 0.05) is 39.1 Å². The summed E-state index contributed by atoms with van der Waals surface area (Å²) in [6.45, 7) is 0. The Morgan fingerprint density at radius 2 is 0.889 bits per heavy atom. The topological polar surface area (TPSA) is 20.5 Å². The van der Waals surface area contributed by atoms with E-state index in [4.69, 9.17) is 5.10 Å². The molecule has 0 saturated heterocycles. The number of para-hydroxylation sites is 1. The fraction of sp³-hybridized carbons (Fsp3) is 0. The predicted octanol–water partition coefficient (Wildman–Crippen LogP) is 13.8. The molecule has 0 aliphatic heterocycles. The third-order valence-electron chi connectivity index (χ3n) is 10.4. The first-order chi connectivity index (χ1) is 26.8. The molecule has 0 aliphatic carbocycles. The molecule has 2 heterocycles. The molecule has 0 bridgehead atoms. The van der Waals surface area contributed by atoms with Crippen molar-refractivity contribution < 1.29 is 0 Å². The van der Waals surface area contributed by atoms with Crippen LogP contribution in [0.5, 0.6) is 0 Å². The minimum atomic E-state index is 0.959. The third-order valence-corrected chi connectivity index (χ3v) is 10.4. The second-order valence-corrected chi connectivity index (χ2v) is 13.7. The zero-order chi connectivity index (χ0) is 35.8. The standard InChI is InChI=1S/C51H35N3/c1-5-16-38(17-6-1)48-34-43-29-32-46(35-47(43)51-49(39-18-7-2-8-19-39)50(52-54(48)51)40-20-9-3-10-21-40)53(44-23-11-4-12-24-44)45-30-27-37(28-31-45)42-26-25-36-15-13-14-22-41(36)33-42/h1-35H. The van der Waals surface area contributed by atoms with Gasteiger partial charge in [0.25, 0.3) is 0 Å². The maximum atomic E-state index is 5.44. The summed E-state index contributed by atoms with van der Waals surface area (Å²) >= 11 is 0. The highest BCUT2D eigenvalue weighted by Gasteiger charge is 2.23. The van der Waals surface area contributed by atoms with E-state index in [1.54, 1.807) is 0 Å². The number of hydrogen-bond donors (Lipinski definition) is 0. The zero-order valence-electron chi connectivity index (χ0n) is 29.5. The Balaban J connectivity index is 1.20. The highest BCUT2D eigenvalue weighted by Crippen LogP contribution is 2.43. The summed E-state index contributed by atoms with van der Waals surface area (Å²) in [6, 6.07) is 75.7. The molecule has 54 heavy (non-hydrogen) atoms. The van der Waals surface area contributed by atoms with Crippen LogP contribution in [0, 0.1) is 0 Å². The molecule has 0 fully saturated rings. The van der Waals surface area contributed by atoms with Gasteiger partial charge in [0.1, 0.15) is 5.69 Å². The van der Waals surface area contributed by atoms with Crippen LogP contribution in [0.3, 0.4) is 0 Å². The summed E-state index contributed by atoms with van der Waals surface area (Å²) < 4.78 is 2.16. The highest BCUT2D eigenvalue weighted by molar-refractivity contribution is 6.10. The van der Waals surface area contributed by atoms with Gasteiger partial charge < -0.3 is 4.90 Å². The van der Waals surface area contributed by atoms with Crippen LogP contribution in [0.15, 0.2) is 212 Å². The molecule has 0 saturated carbocycles. The van der Waals surface area contributed by atoms with Gasteiger partial charge in [0.05, 0.1) is 11.2 Å². The molecule has 0 N–H and O–H groups in total. The van der Waals surface area contributed by atoms with E-state index in [0.717, 1.165) is 67.0 Å². The minimum absolute atomic E-state index is 0.959. The average molecular weight is 690 g/mol. The number of aromatic nitrogens is 2.